The van der Waals surface area contributed by atoms with E-state index in [1.54, 1.807) is 28.3 Å². The number of aromatic nitrogens is 2. The van der Waals surface area contributed by atoms with Gasteiger partial charge < -0.3 is 15.0 Å². The second kappa shape index (κ2) is 8.61. The third kappa shape index (κ3) is 3.22. The van der Waals surface area contributed by atoms with Gasteiger partial charge in [-0.05, 0) is 31.0 Å². The third-order valence-electron chi connectivity index (χ3n) is 4.96. The van der Waals surface area contributed by atoms with Gasteiger partial charge in [-0.1, -0.05) is 27.7 Å². The summed E-state index contributed by atoms with van der Waals surface area (Å²) in [7, 11) is 1.73. The van der Waals surface area contributed by atoms with Gasteiger partial charge in [0.2, 0.25) is 0 Å². The van der Waals surface area contributed by atoms with Crippen LogP contribution in [-0.2, 0) is 7.05 Å². The van der Waals surface area contributed by atoms with E-state index >= 15 is 0 Å². The summed E-state index contributed by atoms with van der Waals surface area (Å²) in [5.41, 5.74) is 8.90. The van der Waals surface area contributed by atoms with E-state index in [1.165, 1.54) is 0 Å². The zero-order chi connectivity index (χ0) is 21.2. The summed E-state index contributed by atoms with van der Waals surface area (Å²) in [5, 5.41) is 1.91. The molecule has 0 amide bonds. The van der Waals surface area contributed by atoms with Crippen molar-refractivity contribution in [1.82, 2.24) is 9.13 Å². The largest absolute Gasteiger partial charge is 0.487 e. The number of ether oxygens (including phenoxy) is 1. The van der Waals surface area contributed by atoms with E-state index in [9.17, 15) is 9.59 Å². The predicted molar refractivity (Wildman–Crippen MR) is 117 cm³/mol. The highest BCUT2D eigenvalue weighted by Gasteiger charge is 2.27. The van der Waals surface area contributed by atoms with Crippen molar-refractivity contribution in [1.29, 1.82) is 0 Å². The van der Waals surface area contributed by atoms with Crippen molar-refractivity contribution in [3.63, 3.8) is 0 Å². The summed E-state index contributed by atoms with van der Waals surface area (Å²) in [5.74, 6) is 0.594. The van der Waals surface area contributed by atoms with E-state index in [1.807, 2.05) is 47.6 Å². The number of pyridine rings is 2. The lowest BCUT2D eigenvalue weighted by Crippen LogP contribution is -2.36. The fraction of sp³-hybridized carbons (Fsp3) is 0.455. The number of fused-ring (bicyclic) bond motifs is 2. The molecule has 0 bridgehead atoms. The molecule has 152 valence electrons. The summed E-state index contributed by atoms with van der Waals surface area (Å²) >= 11 is 0. The molecular formula is C22H31N3O3. The number of benzene rings is 1. The van der Waals surface area contributed by atoms with Crippen LogP contribution in [0.3, 0.4) is 0 Å². The van der Waals surface area contributed by atoms with Gasteiger partial charge in [-0.3, -0.25) is 14.2 Å². The fourth-order valence-electron chi connectivity index (χ4n) is 3.65. The Morgan fingerprint density at radius 2 is 1.50 bits per heavy atom. The summed E-state index contributed by atoms with van der Waals surface area (Å²) in [4.78, 5) is 24.8. The van der Waals surface area contributed by atoms with Crippen molar-refractivity contribution in [3.05, 3.63) is 50.0 Å². The molecule has 1 atom stereocenters. The first-order chi connectivity index (χ1) is 13.4. The van der Waals surface area contributed by atoms with Crippen LogP contribution in [0.25, 0.3) is 21.8 Å². The zero-order valence-corrected chi connectivity index (χ0v) is 17.9. The average molecular weight is 386 g/mol. The van der Waals surface area contributed by atoms with Gasteiger partial charge in [-0.2, -0.15) is 0 Å². The Bertz CT molecular complexity index is 1130. The van der Waals surface area contributed by atoms with Crippen LogP contribution in [0.2, 0.25) is 0 Å². The molecule has 4 rings (SSSR count). The lowest BCUT2D eigenvalue weighted by atomic mass is 10.0. The molecule has 28 heavy (non-hydrogen) atoms. The van der Waals surface area contributed by atoms with Gasteiger partial charge in [-0.15, -0.1) is 0 Å². The normalized spacial score (nSPS) is 14.6. The first-order valence-electron chi connectivity index (χ1n) is 9.96. The molecule has 2 N–H and O–H groups in total. The first-order valence-corrected chi connectivity index (χ1v) is 9.96. The lowest BCUT2D eigenvalue weighted by molar-refractivity contribution is 0.239. The van der Waals surface area contributed by atoms with Crippen LogP contribution in [0.4, 0.5) is 0 Å². The van der Waals surface area contributed by atoms with Crippen LogP contribution in [-0.4, -0.2) is 22.3 Å². The smallest absolute Gasteiger partial charge is 0.251 e. The van der Waals surface area contributed by atoms with Gasteiger partial charge >= 0.3 is 0 Å². The maximum Gasteiger partial charge on any atom is 0.251 e. The molecular weight excluding hydrogens is 354 g/mol. The molecule has 3 heterocycles. The number of hydrogen-bond donors (Lipinski definition) is 1. The van der Waals surface area contributed by atoms with Crippen molar-refractivity contribution in [2.45, 2.75) is 47.6 Å². The molecule has 0 fully saturated rings. The molecule has 0 radical (unpaired) electrons. The van der Waals surface area contributed by atoms with Crippen LogP contribution in [0.15, 0.2) is 27.8 Å². The van der Waals surface area contributed by atoms with E-state index < -0.39 is 0 Å². The summed E-state index contributed by atoms with van der Waals surface area (Å²) < 4.78 is 9.31. The zero-order valence-electron chi connectivity index (χ0n) is 17.9. The summed E-state index contributed by atoms with van der Waals surface area (Å²) in [6.45, 7) is 12.5. The van der Waals surface area contributed by atoms with Crippen LogP contribution in [0, 0.1) is 13.8 Å². The summed E-state index contributed by atoms with van der Waals surface area (Å²) in [6.07, 6.45) is 0. The molecule has 0 saturated heterocycles. The Labute approximate surface area is 165 Å². The van der Waals surface area contributed by atoms with Crippen molar-refractivity contribution >= 4 is 21.8 Å². The van der Waals surface area contributed by atoms with E-state index in [0.717, 1.165) is 32.9 Å². The molecule has 1 aromatic carbocycles. The van der Waals surface area contributed by atoms with Gasteiger partial charge in [0, 0.05) is 36.5 Å². The molecule has 6 heteroatoms. The molecule has 2 aromatic heterocycles. The van der Waals surface area contributed by atoms with Crippen LogP contribution in [0.5, 0.6) is 5.75 Å². The molecule has 1 aliphatic heterocycles. The number of nitrogens with two attached hydrogens (primary N) is 1. The Morgan fingerprint density at radius 3 is 2.07 bits per heavy atom. The SMILES string of the molecule is CC.CC.Cc1cc(=O)n(C)c2c3c4c(cc12)c(C)cc(=O)n4C(CN)CO3. The third-order valence-corrected chi connectivity index (χ3v) is 4.96. The number of hydrogen-bond acceptors (Lipinski definition) is 4. The van der Waals surface area contributed by atoms with Gasteiger partial charge in [-0.25, -0.2) is 0 Å². The first kappa shape index (κ1) is 21.7. The average Bonchev–Trinajstić information content (AvgIpc) is 2.72. The topological polar surface area (TPSA) is 79.2 Å². The minimum atomic E-state index is -0.201. The van der Waals surface area contributed by atoms with Gasteiger partial charge in [0.25, 0.3) is 11.1 Å². The molecule has 0 saturated carbocycles. The van der Waals surface area contributed by atoms with Gasteiger partial charge in [0.05, 0.1) is 17.1 Å². The van der Waals surface area contributed by atoms with Gasteiger partial charge in [0.1, 0.15) is 6.61 Å². The second-order valence-corrected chi connectivity index (χ2v) is 6.46. The van der Waals surface area contributed by atoms with E-state index in [2.05, 4.69) is 0 Å². The molecule has 0 spiro atoms. The van der Waals surface area contributed by atoms with Crippen molar-refractivity contribution in [2.24, 2.45) is 12.8 Å². The summed E-state index contributed by atoms with van der Waals surface area (Å²) in [6, 6.07) is 5.10. The minimum absolute atomic E-state index is 0.0861. The van der Waals surface area contributed by atoms with Crippen molar-refractivity contribution in [3.8, 4) is 5.75 Å². The second-order valence-electron chi connectivity index (χ2n) is 6.46. The highest BCUT2D eigenvalue weighted by molar-refractivity contribution is 6.04. The number of nitrogens with zero attached hydrogens (tertiary/aromatic N) is 2. The van der Waals surface area contributed by atoms with Crippen LogP contribution < -0.4 is 21.6 Å². The van der Waals surface area contributed by atoms with E-state index in [4.69, 9.17) is 10.5 Å². The van der Waals surface area contributed by atoms with E-state index in [0.29, 0.717) is 18.9 Å². The number of aryl methyl sites for hydroxylation is 3. The van der Waals surface area contributed by atoms with Crippen molar-refractivity contribution in [2.75, 3.05) is 13.2 Å². The fourth-order valence-corrected chi connectivity index (χ4v) is 3.65. The molecule has 1 aliphatic rings. The van der Waals surface area contributed by atoms with Crippen LogP contribution >= 0.6 is 0 Å². The Balaban J connectivity index is 0.000000660. The maximum absolute atomic E-state index is 12.6. The highest BCUT2D eigenvalue weighted by Crippen LogP contribution is 2.39. The van der Waals surface area contributed by atoms with Crippen LogP contribution in [0.1, 0.15) is 44.9 Å². The van der Waals surface area contributed by atoms with Gasteiger partial charge in [0.15, 0.2) is 5.75 Å². The Hall–Kier alpha value is -2.60. The standard InChI is InChI=1S/C18H19N3O3.2C2H6/c1-9-4-14(22)20(3)16-12(9)6-13-10(2)5-15(23)21-11(7-19)8-24-18(16)17(13)21;2*1-2/h4-6,11H,7-8,19H2,1-3H3;2*1-2H3. The Morgan fingerprint density at radius 1 is 0.964 bits per heavy atom. The lowest BCUT2D eigenvalue weighted by Gasteiger charge is -2.29. The minimum Gasteiger partial charge on any atom is -0.487 e. The molecule has 0 aliphatic carbocycles. The predicted octanol–water partition coefficient (Wildman–Crippen LogP) is 3.41. The van der Waals surface area contributed by atoms with E-state index in [-0.39, 0.29) is 17.2 Å². The molecule has 1 unspecified atom stereocenters. The molecule has 6 nitrogen and oxygen atoms in total. The number of rotatable bonds is 1. The quantitative estimate of drug-likeness (QED) is 0.651. The monoisotopic (exact) mass is 385 g/mol. The molecule has 3 aromatic rings. The highest BCUT2D eigenvalue weighted by atomic mass is 16.5. The van der Waals surface area contributed by atoms with Crippen molar-refractivity contribution < 1.29 is 4.74 Å². The Kier molecular flexibility index (Phi) is 6.67. The maximum atomic E-state index is 12.6.